The van der Waals surface area contributed by atoms with Gasteiger partial charge in [-0.05, 0) is 31.1 Å². The highest BCUT2D eigenvalue weighted by atomic mass is 35.5. The van der Waals surface area contributed by atoms with Gasteiger partial charge in [0.2, 0.25) is 11.8 Å². The van der Waals surface area contributed by atoms with Crippen molar-refractivity contribution in [2.24, 2.45) is 0 Å². The van der Waals surface area contributed by atoms with Crippen molar-refractivity contribution in [3.8, 4) is 0 Å². The molecule has 0 radical (unpaired) electrons. The van der Waals surface area contributed by atoms with Gasteiger partial charge in [0.1, 0.15) is 6.04 Å². The first kappa shape index (κ1) is 17.4. The molecule has 0 bridgehead atoms. The number of aromatic nitrogens is 1. The molecule has 2 aromatic rings. The average molecular weight is 392 g/mol. The van der Waals surface area contributed by atoms with Crippen molar-refractivity contribution in [1.82, 2.24) is 14.8 Å². The highest BCUT2D eigenvalue weighted by Gasteiger charge is 2.37. The van der Waals surface area contributed by atoms with E-state index >= 15 is 0 Å². The molecule has 2 amide bonds. The number of nitrogens with zero attached hydrogens (tertiary/aromatic N) is 2. The number of halogens is 2. The molecule has 4 rings (SSSR count). The minimum atomic E-state index is -0.389. The van der Waals surface area contributed by atoms with E-state index in [-0.39, 0.29) is 17.9 Å². The number of hydrogen-bond acceptors (Lipinski definition) is 2. The third-order valence-electron chi connectivity index (χ3n) is 5.31. The van der Waals surface area contributed by atoms with Gasteiger partial charge in [-0.1, -0.05) is 29.8 Å². The number of nitrogens with one attached hydrogen (secondary N) is 1. The van der Waals surface area contributed by atoms with Gasteiger partial charge in [-0.2, -0.15) is 0 Å². The first-order valence-corrected chi connectivity index (χ1v) is 9.45. The van der Waals surface area contributed by atoms with Crippen LogP contribution in [0.2, 0.25) is 10.0 Å². The number of carbonyl (C=O) groups excluding carboxylic acids is 2. The standard InChI is InChI=1S/C19H19Cl2N3O2/c1-2-17(25)24-6-3-4-16(24)19(26)23-7-5-15-13(10-23)12-8-11(20)9-14(21)18(12)22-15/h2,8-9,16,22H,1,3-7,10H2. The van der Waals surface area contributed by atoms with Crippen LogP contribution in [0.4, 0.5) is 0 Å². The second-order valence-electron chi connectivity index (χ2n) is 6.80. The Bertz CT molecular complexity index is 921. The summed E-state index contributed by atoms with van der Waals surface area (Å²) in [6, 6.07) is 3.21. The molecule has 2 aliphatic rings. The van der Waals surface area contributed by atoms with E-state index in [1.54, 1.807) is 11.0 Å². The van der Waals surface area contributed by atoms with Crippen molar-refractivity contribution in [2.75, 3.05) is 13.1 Å². The van der Waals surface area contributed by atoms with Crippen LogP contribution in [0.15, 0.2) is 24.8 Å². The molecule has 1 aromatic carbocycles. The van der Waals surface area contributed by atoms with Gasteiger partial charge in [-0.3, -0.25) is 9.59 Å². The van der Waals surface area contributed by atoms with E-state index in [1.165, 1.54) is 6.08 Å². The largest absolute Gasteiger partial charge is 0.357 e. The van der Waals surface area contributed by atoms with E-state index in [0.29, 0.717) is 36.1 Å². The molecular formula is C19H19Cl2N3O2. The molecule has 1 saturated heterocycles. The van der Waals surface area contributed by atoms with Gasteiger partial charge in [0, 0.05) is 47.7 Å². The van der Waals surface area contributed by atoms with Gasteiger partial charge >= 0.3 is 0 Å². The summed E-state index contributed by atoms with van der Waals surface area (Å²) in [5.74, 6) is -0.171. The summed E-state index contributed by atoms with van der Waals surface area (Å²) in [6.45, 7) is 5.27. The zero-order chi connectivity index (χ0) is 18.4. The third-order valence-corrected chi connectivity index (χ3v) is 5.82. The highest BCUT2D eigenvalue weighted by molar-refractivity contribution is 6.38. The summed E-state index contributed by atoms with van der Waals surface area (Å²) in [6.07, 6.45) is 3.55. The lowest BCUT2D eigenvalue weighted by Crippen LogP contribution is -2.48. The summed E-state index contributed by atoms with van der Waals surface area (Å²) < 4.78 is 0. The van der Waals surface area contributed by atoms with Gasteiger partial charge < -0.3 is 14.8 Å². The van der Waals surface area contributed by atoms with Gasteiger partial charge in [-0.25, -0.2) is 0 Å². The number of likely N-dealkylation sites (tertiary alicyclic amines) is 1. The van der Waals surface area contributed by atoms with Gasteiger partial charge in [0.05, 0.1) is 10.5 Å². The predicted octanol–water partition coefficient (Wildman–Crippen LogP) is 3.54. The van der Waals surface area contributed by atoms with E-state index in [4.69, 9.17) is 23.2 Å². The molecule has 3 heterocycles. The van der Waals surface area contributed by atoms with Crippen LogP contribution in [0.1, 0.15) is 24.1 Å². The number of hydrogen-bond donors (Lipinski definition) is 1. The normalized spacial score (nSPS) is 19.7. The number of rotatable bonds is 2. The van der Waals surface area contributed by atoms with Crippen LogP contribution in [0.3, 0.4) is 0 Å². The van der Waals surface area contributed by atoms with Gasteiger partial charge in [0.15, 0.2) is 0 Å². The zero-order valence-corrected chi connectivity index (χ0v) is 15.7. The number of fused-ring (bicyclic) bond motifs is 3. The quantitative estimate of drug-likeness (QED) is 0.795. The molecule has 26 heavy (non-hydrogen) atoms. The predicted molar refractivity (Wildman–Crippen MR) is 102 cm³/mol. The van der Waals surface area contributed by atoms with Crippen molar-refractivity contribution in [2.45, 2.75) is 31.8 Å². The SMILES string of the molecule is C=CC(=O)N1CCCC1C(=O)N1CCc2[nH]c3c(Cl)cc(Cl)cc3c2C1. The first-order chi connectivity index (χ1) is 12.5. The lowest BCUT2D eigenvalue weighted by Gasteiger charge is -2.32. The molecular weight excluding hydrogens is 373 g/mol. The van der Waals surface area contributed by atoms with Crippen LogP contribution in [-0.4, -0.2) is 45.7 Å². The molecule has 1 atom stereocenters. The van der Waals surface area contributed by atoms with Crippen LogP contribution in [0, 0.1) is 0 Å². The fourth-order valence-corrected chi connectivity index (χ4v) is 4.58. The Balaban J connectivity index is 1.63. The number of amides is 2. The van der Waals surface area contributed by atoms with Crippen LogP contribution >= 0.6 is 23.2 Å². The number of aromatic amines is 1. The molecule has 2 aliphatic heterocycles. The topological polar surface area (TPSA) is 56.4 Å². The molecule has 1 N–H and O–H groups in total. The number of benzene rings is 1. The van der Waals surface area contributed by atoms with E-state index in [9.17, 15) is 9.59 Å². The van der Waals surface area contributed by atoms with Crippen molar-refractivity contribution >= 4 is 45.9 Å². The summed E-state index contributed by atoms with van der Waals surface area (Å²) >= 11 is 12.5. The minimum Gasteiger partial charge on any atom is -0.357 e. The Labute approximate surface area is 161 Å². The van der Waals surface area contributed by atoms with E-state index in [2.05, 4.69) is 11.6 Å². The maximum absolute atomic E-state index is 13.1. The van der Waals surface area contributed by atoms with Crippen molar-refractivity contribution in [3.05, 3.63) is 46.1 Å². The Kier molecular flexibility index (Phi) is 4.45. The Morgan fingerprint density at radius 2 is 2.08 bits per heavy atom. The van der Waals surface area contributed by atoms with Crippen molar-refractivity contribution in [3.63, 3.8) is 0 Å². The minimum absolute atomic E-state index is 0.00539. The fraction of sp³-hybridized carbons (Fsp3) is 0.368. The van der Waals surface area contributed by atoms with Crippen molar-refractivity contribution < 1.29 is 9.59 Å². The number of carbonyl (C=O) groups is 2. The molecule has 0 spiro atoms. The summed E-state index contributed by atoms with van der Waals surface area (Å²) in [7, 11) is 0. The lowest BCUT2D eigenvalue weighted by atomic mass is 10.0. The fourth-order valence-electron chi connectivity index (χ4n) is 4.04. The van der Waals surface area contributed by atoms with Gasteiger partial charge in [0.25, 0.3) is 0 Å². The molecule has 7 heteroatoms. The Hall–Kier alpha value is -1.98. The Morgan fingerprint density at radius 3 is 2.85 bits per heavy atom. The van der Waals surface area contributed by atoms with Crippen LogP contribution in [0.5, 0.6) is 0 Å². The second kappa shape index (κ2) is 6.63. The smallest absolute Gasteiger partial charge is 0.246 e. The molecule has 0 aliphatic carbocycles. The highest BCUT2D eigenvalue weighted by Crippen LogP contribution is 2.35. The third kappa shape index (κ3) is 2.79. The van der Waals surface area contributed by atoms with Crippen LogP contribution < -0.4 is 0 Å². The molecule has 136 valence electrons. The van der Waals surface area contributed by atoms with E-state index in [1.807, 2.05) is 11.0 Å². The lowest BCUT2D eigenvalue weighted by molar-refractivity contribution is -0.142. The molecule has 1 aromatic heterocycles. The Morgan fingerprint density at radius 1 is 1.27 bits per heavy atom. The zero-order valence-electron chi connectivity index (χ0n) is 14.2. The van der Waals surface area contributed by atoms with Crippen LogP contribution in [-0.2, 0) is 22.6 Å². The van der Waals surface area contributed by atoms with Gasteiger partial charge in [-0.15, -0.1) is 0 Å². The number of H-pyrrole nitrogens is 1. The second-order valence-corrected chi connectivity index (χ2v) is 7.64. The van der Waals surface area contributed by atoms with E-state index < -0.39 is 0 Å². The van der Waals surface area contributed by atoms with Crippen molar-refractivity contribution in [1.29, 1.82) is 0 Å². The monoisotopic (exact) mass is 391 g/mol. The molecule has 0 saturated carbocycles. The maximum atomic E-state index is 13.1. The maximum Gasteiger partial charge on any atom is 0.246 e. The molecule has 5 nitrogen and oxygen atoms in total. The summed E-state index contributed by atoms with van der Waals surface area (Å²) in [4.78, 5) is 31.9. The average Bonchev–Trinajstić information content (AvgIpc) is 3.25. The molecule has 1 fully saturated rings. The summed E-state index contributed by atoms with van der Waals surface area (Å²) in [5.41, 5.74) is 3.02. The molecule has 1 unspecified atom stereocenters. The summed E-state index contributed by atoms with van der Waals surface area (Å²) in [5, 5.41) is 2.12. The van der Waals surface area contributed by atoms with Crippen LogP contribution in [0.25, 0.3) is 10.9 Å². The van der Waals surface area contributed by atoms with E-state index in [0.717, 1.165) is 35.0 Å². The first-order valence-electron chi connectivity index (χ1n) is 8.70.